The average molecular weight is 282 g/mol. The van der Waals surface area contributed by atoms with Crippen LogP contribution in [0, 0.1) is 0 Å². The van der Waals surface area contributed by atoms with Gasteiger partial charge in [-0.15, -0.1) is 11.3 Å². The van der Waals surface area contributed by atoms with Gasteiger partial charge in [0.1, 0.15) is 11.1 Å². The highest BCUT2D eigenvalue weighted by atomic mass is 32.1. The largest absolute Gasteiger partial charge is 0.371 e. The number of thiazole rings is 1. The molecular formula is C15H26N2OS. The highest BCUT2D eigenvalue weighted by Crippen LogP contribution is 2.35. The number of hydrogen-bond acceptors (Lipinski definition) is 4. The molecule has 0 saturated carbocycles. The Bertz CT molecular complexity index is 414. The van der Waals surface area contributed by atoms with E-state index in [2.05, 4.69) is 39.9 Å². The van der Waals surface area contributed by atoms with Crippen molar-refractivity contribution >= 4 is 11.3 Å². The summed E-state index contributed by atoms with van der Waals surface area (Å²) in [4.78, 5) is 6.22. The van der Waals surface area contributed by atoms with Gasteiger partial charge in [0.15, 0.2) is 0 Å². The standard InChI is InChI=1S/C15H26N2OS/c1-10(2)13-12(9-16-15(3,4)5)19-14(17-13)11-7-6-8-18-11/h10-11,16H,6-9H2,1-5H3. The zero-order chi connectivity index (χ0) is 14.0. The second kappa shape index (κ2) is 5.90. The minimum Gasteiger partial charge on any atom is -0.371 e. The maximum absolute atomic E-state index is 5.76. The lowest BCUT2D eigenvalue weighted by Gasteiger charge is -2.20. The third kappa shape index (κ3) is 4.01. The van der Waals surface area contributed by atoms with E-state index in [1.54, 1.807) is 0 Å². The molecule has 0 aromatic carbocycles. The van der Waals surface area contributed by atoms with Crippen LogP contribution in [0.15, 0.2) is 0 Å². The molecule has 0 bridgehead atoms. The summed E-state index contributed by atoms with van der Waals surface area (Å²) in [6, 6.07) is 0. The summed E-state index contributed by atoms with van der Waals surface area (Å²) in [5, 5.41) is 4.74. The van der Waals surface area contributed by atoms with E-state index in [1.165, 1.54) is 15.6 Å². The minimum atomic E-state index is 0.141. The van der Waals surface area contributed by atoms with Gasteiger partial charge in [-0.1, -0.05) is 13.8 Å². The number of nitrogens with one attached hydrogen (secondary N) is 1. The number of hydrogen-bond donors (Lipinski definition) is 1. The quantitative estimate of drug-likeness (QED) is 0.906. The predicted molar refractivity (Wildman–Crippen MR) is 80.7 cm³/mol. The fourth-order valence-electron chi connectivity index (χ4n) is 2.22. The molecule has 2 rings (SSSR count). The molecule has 1 N–H and O–H groups in total. The van der Waals surface area contributed by atoms with Gasteiger partial charge >= 0.3 is 0 Å². The Balaban J connectivity index is 2.15. The lowest BCUT2D eigenvalue weighted by molar-refractivity contribution is 0.111. The van der Waals surface area contributed by atoms with E-state index in [4.69, 9.17) is 9.72 Å². The molecule has 1 aromatic rings. The lowest BCUT2D eigenvalue weighted by atomic mass is 10.1. The molecule has 19 heavy (non-hydrogen) atoms. The van der Waals surface area contributed by atoms with Gasteiger partial charge in [-0.25, -0.2) is 4.98 Å². The second-order valence-corrected chi connectivity index (χ2v) is 7.74. The van der Waals surface area contributed by atoms with Gasteiger partial charge in [0, 0.05) is 23.6 Å². The summed E-state index contributed by atoms with van der Waals surface area (Å²) >= 11 is 1.83. The van der Waals surface area contributed by atoms with Crippen molar-refractivity contribution in [3.05, 3.63) is 15.6 Å². The van der Waals surface area contributed by atoms with E-state index in [0.717, 1.165) is 26.0 Å². The summed E-state index contributed by atoms with van der Waals surface area (Å²) in [5.74, 6) is 0.475. The molecule has 0 radical (unpaired) electrons. The van der Waals surface area contributed by atoms with Crippen LogP contribution in [0.5, 0.6) is 0 Å². The van der Waals surface area contributed by atoms with E-state index in [1.807, 2.05) is 11.3 Å². The SMILES string of the molecule is CC(C)c1nc(C2CCCO2)sc1CNC(C)(C)C. The summed E-state index contributed by atoms with van der Waals surface area (Å²) in [5.41, 5.74) is 1.38. The summed E-state index contributed by atoms with van der Waals surface area (Å²) < 4.78 is 5.76. The maximum atomic E-state index is 5.76. The average Bonchev–Trinajstić information content (AvgIpc) is 2.94. The lowest BCUT2D eigenvalue weighted by Crippen LogP contribution is -2.35. The molecule has 0 amide bonds. The zero-order valence-electron chi connectivity index (χ0n) is 12.7. The number of rotatable bonds is 4. The fraction of sp³-hybridized carbons (Fsp3) is 0.800. The maximum Gasteiger partial charge on any atom is 0.122 e. The number of ether oxygens (including phenoxy) is 1. The predicted octanol–water partition coefficient (Wildman–Crippen LogP) is 4.01. The van der Waals surface area contributed by atoms with Gasteiger partial charge in [-0.05, 0) is 39.5 Å². The molecule has 0 spiro atoms. The van der Waals surface area contributed by atoms with E-state index in [9.17, 15) is 0 Å². The first-order valence-electron chi connectivity index (χ1n) is 7.23. The molecule has 1 unspecified atom stereocenters. The molecule has 1 fully saturated rings. The fourth-order valence-corrected chi connectivity index (χ4v) is 3.46. The topological polar surface area (TPSA) is 34.1 Å². The minimum absolute atomic E-state index is 0.141. The van der Waals surface area contributed by atoms with Crippen molar-refractivity contribution in [1.29, 1.82) is 0 Å². The van der Waals surface area contributed by atoms with Gasteiger partial charge < -0.3 is 10.1 Å². The summed E-state index contributed by atoms with van der Waals surface area (Å²) in [7, 11) is 0. The Kier molecular flexibility index (Phi) is 4.64. The first kappa shape index (κ1) is 14.9. The third-order valence-electron chi connectivity index (χ3n) is 3.28. The molecule has 1 saturated heterocycles. The van der Waals surface area contributed by atoms with Crippen molar-refractivity contribution < 1.29 is 4.74 Å². The normalized spacial score (nSPS) is 20.4. The molecule has 1 atom stereocenters. The number of aromatic nitrogens is 1. The molecular weight excluding hydrogens is 256 g/mol. The van der Waals surface area contributed by atoms with Gasteiger partial charge in [0.25, 0.3) is 0 Å². The van der Waals surface area contributed by atoms with Crippen LogP contribution >= 0.6 is 11.3 Å². The van der Waals surface area contributed by atoms with Crippen molar-refractivity contribution in [2.24, 2.45) is 0 Å². The van der Waals surface area contributed by atoms with Crippen LogP contribution in [0.25, 0.3) is 0 Å². The highest BCUT2D eigenvalue weighted by molar-refractivity contribution is 7.11. The monoisotopic (exact) mass is 282 g/mol. The number of nitrogens with zero attached hydrogens (tertiary/aromatic N) is 1. The molecule has 4 heteroatoms. The van der Waals surface area contributed by atoms with Crippen LogP contribution in [-0.4, -0.2) is 17.1 Å². The van der Waals surface area contributed by atoms with E-state index in [-0.39, 0.29) is 11.6 Å². The van der Waals surface area contributed by atoms with E-state index < -0.39 is 0 Å². The molecule has 1 aromatic heterocycles. The van der Waals surface area contributed by atoms with Crippen LogP contribution in [0.4, 0.5) is 0 Å². The highest BCUT2D eigenvalue weighted by Gasteiger charge is 2.24. The molecule has 1 aliphatic heterocycles. The van der Waals surface area contributed by atoms with Gasteiger partial charge in [0.05, 0.1) is 5.69 Å². The van der Waals surface area contributed by atoms with Crippen LogP contribution in [0.3, 0.4) is 0 Å². The van der Waals surface area contributed by atoms with Gasteiger partial charge in [-0.3, -0.25) is 0 Å². The van der Waals surface area contributed by atoms with E-state index >= 15 is 0 Å². The van der Waals surface area contributed by atoms with Crippen LogP contribution in [0.1, 0.15) is 75.1 Å². The molecule has 3 nitrogen and oxygen atoms in total. The first-order valence-corrected chi connectivity index (χ1v) is 8.04. The molecule has 1 aliphatic rings. The molecule has 2 heterocycles. The Morgan fingerprint density at radius 3 is 2.68 bits per heavy atom. The summed E-state index contributed by atoms with van der Waals surface area (Å²) in [6.07, 6.45) is 2.53. The van der Waals surface area contributed by atoms with Crippen molar-refractivity contribution in [1.82, 2.24) is 10.3 Å². The van der Waals surface area contributed by atoms with Gasteiger partial charge in [-0.2, -0.15) is 0 Å². The van der Waals surface area contributed by atoms with Crippen LogP contribution < -0.4 is 5.32 Å². The van der Waals surface area contributed by atoms with Crippen LogP contribution in [0.2, 0.25) is 0 Å². The van der Waals surface area contributed by atoms with Crippen molar-refractivity contribution in [2.75, 3.05) is 6.61 Å². The van der Waals surface area contributed by atoms with Gasteiger partial charge in [0.2, 0.25) is 0 Å². The van der Waals surface area contributed by atoms with E-state index in [0.29, 0.717) is 5.92 Å². The Labute approximate surface area is 120 Å². The first-order chi connectivity index (χ1) is 8.87. The Morgan fingerprint density at radius 2 is 2.16 bits per heavy atom. The third-order valence-corrected chi connectivity index (χ3v) is 4.44. The van der Waals surface area contributed by atoms with Crippen molar-refractivity contribution in [2.45, 2.75) is 71.6 Å². The Morgan fingerprint density at radius 1 is 1.42 bits per heavy atom. The Hall–Kier alpha value is -0.450. The van der Waals surface area contributed by atoms with Crippen LogP contribution in [-0.2, 0) is 11.3 Å². The smallest absolute Gasteiger partial charge is 0.122 e. The summed E-state index contributed by atoms with van der Waals surface area (Å²) in [6.45, 7) is 12.8. The second-order valence-electron chi connectivity index (χ2n) is 6.62. The van der Waals surface area contributed by atoms with Crippen molar-refractivity contribution in [3.63, 3.8) is 0 Å². The van der Waals surface area contributed by atoms with Crippen molar-refractivity contribution in [3.8, 4) is 0 Å². The molecule has 0 aliphatic carbocycles. The molecule has 108 valence electrons. The zero-order valence-corrected chi connectivity index (χ0v) is 13.6.